The average molecular weight is 566 g/mol. The third-order valence-corrected chi connectivity index (χ3v) is 26.1. The van der Waals surface area contributed by atoms with Gasteiger partial charge in [0, 0.05) is 0 Å². The molecule has 0 bridgehead atoms. The van der Waals surface area contributed by atoms with Crippen molar-refractivity contribution in [2.75, 3.05) is 20.3 Å². The van der Waals surface area contributed by atoms with Gasteiger partial charge in [-0.25, -0.2) is 0 Å². The van der Waals surface area contributed by atoms with E-state index in [0.29, 0.717) is 19.8 Å². The van der Waals surface area contributed by atoms with Crippen LogP contribution in [0.1, 0.15) is 69.9 Å². The Hall–Kier alpha value is -0.631. The van der Waals surface area contributed by atoms with E-state index >= 15 is 0 Å². The first-order valence-corrected chi connectivity index (χ1v) is 20.7. The van der Waals surface area contributed by atoms with Gasteiger partial charge < -0.3 is 0 Å². The fraction of sp³-hybridized carbons (Fsp3) is 0.654. The van der Waals surface area contributed by atoms with Crippen molar-refractivity contribution in [2.24, 2.45) is 0 Å². The van der Waals surface area contributed by atoms with Crippen molar-refractivity contribution < 1.29 is 14.2 Å². The number of thiazole rings is 1. The van der Waals surface area contributed by atoms with E-state index in [1.54, 1.807) is 10.0 Å². The molecule has 1 saturated heterocycles. The molecule has 0 radical (unpaired) electrons. The molecule has 1 aliphatic heterocycles. The van der Waals surface area contributed by atoms with Crippen molar-refractivity contribution >= 4 is 32.6 Å². The zero-order chi connectivity index (χ0) is 22.9. The monoisotopic (exact) mass is 567 g/mol. The first-order valence-electron chi connectivity index (χ1n) is 12.4. The van der Waals surface area contributed by atoms with Crippen LogP contribution in [0.3, 0.4) is 0 Å². The third-order valence-electron chi connectivity index (χ3n) is 6.79. The van der Waals surface area contributed by atoms with Crippen molar-refractivity contribution in [1.29, 1.82) is 0 Å². The predicted molar refractivity (Wildman–Crippen MR) is 137 cm³/mol. The van der Waals surface area contributed by atoms with Crippen LogP contribution in [-0.4, -0.2) is 43.7 Å². The molecular weight excluding hydrogens is 525 g/mol. The Morgan fingerprint density at radius 2 is 1.56 bits per heavy atom. The topological polar surface area (TPSA) is 40.6 Å². The van der Waals surface area contributed by atoms with Crippen molar-refractivity contribution in [2.45, 2.75) is 84.8 Å². The quantitative estimate of drug-likeness (QED) is 0.227. The molecule has 1 fully saturated rings. The Labute approximate surface area is 203 Å². The molecule has 0 unspecified atom stereocenters. The molecule has 3 rings (SSSR count). The van der Waals surface area contributed by atoms with E-state index in [4.69, 9.17) is 19.2 Å². The second-order valence-corrected chi connectivity index (χ2v) is 24.4. The summed E-state index contributed by atoms with van der Waals surface area (Å²) in [5, 5.41) is 1.14. The van der Waals surface area contributed by atoms with E-state index in [0.717, 1.165) is 16.3 Å². The summed E-state index contributed by atoms with van der Waals surface area (Å²) in [6.07, 6.45) is 10.3. The van der Waals surface area contributed by atoms with Crippen molar-refractivity contribution in [3.05, 3.63) is 41.0 Å². The molecule has 32 heavy (non-hydrogen) atoms. The van der Waals surface area contributed by atoms with Crippen LogP contribution in [0.2, 0.25) is 13.3 Å². The van der Waals surface area contributed by atoms with E-state index in [2.05, 4.69) is 39.1 Å². The van der Waals surface area contributed by atoms with Gasteiger partial charge >= 0.3 is 204 Å². The molecule has 1 aromatic carbocycles. The van der Waals surface area contributed by atoms with Crippen LogP contribution >= 0.6 is 11.3 Å². The SMILES string of the molecule is CCC[CH2][Sn]([CH2]CCC)([CH2]CCC)[c]1cnc(C2(OCc3ccc(OC)cc3)COC2)s1. The van der Waals surface area contributed by atoms with Gasteiger partial charge in [0.05, 0.1) is 0 Å². The maximum atomic E-state index is 6.49. The van der Waals surface area contributed by atoms with Gasteiger partial charge in [-0.3, -0.25) is 0 Å². The van der Waals surface area contributed by atoms with Gasteiger partial charge in [0.25, 0.3) is 0 Å². The molecule has 6 heteroatoms. The summed E-state index contributed by atoms with van der Waals surface area (Å²) in [5.74, 6) is 0.870. The van der Waals surface area contributed by atoms with E-state index in [-0.39, 0.29) is 5.60 Å². The van der Waals surface area contributed by atoms with Gasteiger partial charge in [-0.1, -0.05) is 0 Å². The fourth-order valence-electron chi connectivity index (χ4n) is 4.52. The summed E-state index contributed by atoms with van der Waals surface area (Å²) in [7, 11) is 1.69. The molecule has 0 atom stereocenters. The predicted octanol–water partition coefficient (Wildman–Crippen LogP) is 6.65. The maximum absolute atomic E-state index is 6.49. The summed E-state index contributed by atoms with van der Waals surface area (Å²) in [6, 6.07) is 8.12. The molecule has 0 saturated carbocycles. The number of aromatic nitrogens is 1. The second kappa shape index (κ2) is 12.7. The fourth-order valence-corrected chi connectivity index (χ4v) is 24.3. The second-order valence-electron chi connectivity index (χ2n) is 9.24. The number of nitrogens with zero attached hydrogens (tertiary/aromatic N) is 1. The minimum absolute atomic E-state index is 0.374. The Morgan fingerprint density at radius 1 is 0.969 bits per heavy atom. The number of unbranched alkanes of at least 4 members (excludes halogenated alkanes) is 3. The van der Waals surface area contributed by atoms with E-state index in [1.165, 1.54) is 51.8 Å². The Bertz CT molecular complexity index is 782. The molecule has 1 aliphatic rings. The van der Waals surface area contributed by atoms with Crippen molar-refractivity contribution in [3.8, 4) is 5.75 Å². The number of benzene rings is 1. The first kappa shape index (κ1) is 26.0. The zero-order valence-electron chi connectivity index (χ0n) is 20.5. The molecular formula is C26H41NO3SSn. The summed E-state index contributed by atoms with van der Waals surface area (Å²) in [6.45, 7) is 8.79. The molecule has 0 aliphatic carbocycles. The van der Waals surface area contributed by atoms with Crippen molar-refractivity contribution in [1.82, 2.24) is 4.98 Å². The number of ether oxygens (including phenoxy) is 3. The summed E-state index contributed by atoms with van der Waals surface area (Å²) >= 11 is -0.480. The summed E-state index contributed by atoms with van der Waals surface area (Å²) in [4.78, 5) is 4.99. The van der Waals surface area contributed by atoms with Gasteiger partial charge in [-0.2, -0.15) is 0 Å². The Balaban J connectivity index is 1.79. The molecule has 1 aromatic heterocycles. The van der Waals surface area contributed by atoms with Crippen LogP contribution in [0.15, 0.2) is 30.5 Å². The number of hydrogen-bond donors (Lipinski definition) is 0. The van der Waals surface area contributed by atoms with E-state index in [1.807, 2.05) is 23.5 Å². The molecule has 0 N–H and O–H groups in total. The van der Waals surface area contributed by atoms with E-state index < -0.39 is 18.4 Å². The number of methoxy groups -OCH3 is 1. The molecule has 2 aromatic rings. The summed E-state index contributed by atoms with van der Waals surface area (Å²) in [5.41, 5.74) is 0.775. The van der Waals surface area contributed by atoms with Crippen LogP contribution in [0.4, 0.5) is 0 Å². The third kappa shape index (κ3) is 6.28. The number of rotatable bonds is 15. The zero-order valence-corrected chi connectivity index (χ0v) is 24.1. The standard InChI is InChI=1S/C14H14NO3S.3C4H9.Sn/c1-16-12-4-2-11(3-5-12)8-18-14(9-17-10-14)13-15-6-7-19-13;3*1-3-4-2;/h2-6H,8-10H2,1H3;3*1,3-4H2,2H3;. The average Bonchev–Trinajstić information content (AvgIpc) is 3.29. The Morgan fingerprint density at radius 3 is 2.03 bits per heavy atom. The van der Waals surface area contributed by atoms with Gasteiger partial charge in [0.2, 0.25) is 0 Å². The van der Waals surface area contributed by atoms with E-state index in [9.17, 15) is 0 Å². The molecule has 0 amide bonds. The van der Waals surface area contributed by atoms with Gasteiger partial charge in [-0.05, 0) is 0 Å². The van der Waals surface area contributed by atoms with Crippen LogP contribution in [-0.2, 0) is 21.7 Å². The summed E-state index contributed by atoms with van der Waals surface area (Å²) < 4.78 is 23.5. The van der Waals surface area contributed by atoms with Gasteiger partial charge in [-0.15, -0.1) is 0 Å². The first-order chi connectivity index (χ1) is 15.6. The molecule has 2 heterocycles. The minimum atomic E-state index is -2.45. The van der Waals surface area contributed by atoms with Crippen LogP contribution < -0.4 is 7.63 Å². The normalized spacial score (nSPS) is 15.5. The van der Waals surface area contributed by atoms with Crippen LogP contribution in [0.5, 0.6) is 5.75 Å². The van der Waals surface area contributed by atoms with Gasteiger partial charge in [0.1, 0.15) is 0 Å². The molecule has 0 spiro atoms. The van der Waals surface area contributed by atoms with Gasteiger partial charge in [0.15, 0.2) is 0 Å². The number of hydrogen-bond acceptors (Lipinski definition) is 5. The Kier molecular flexibility index (Phi) is 10.3. The van der Waals surface area contributed by atoms with Crippen LogP contribution in [0, 0.1) is 0 Å². The molecule has 178 valence electrons. The molecule has 4 nitrogen and oxygen atoms in total. The van der Waals surface area contributed by atoms with Crippen LogP contribution in [0.25, 0.3) is 0 Å². The van der Waals surface area contributed by atoms with Crippen molar-refractivity contribution in [3.63, 3.8) is 0 Å².